The molecule has 1 aromatic heterocycles. The van der Waals surface area contributed by atoms with Gasteiger partial charge in [-0.2, -0.15) is 4.98 Å². The van der Waals surface area contributed by atoms with E-state index in [2.05, 4.69) is 15.0 Å². The number of rotatable bonds is 2. The molecule has 2 aromatic rings. The second kappa shape index (κ2) is 5.85. The highest BCUT2D eigenvalue weighted by Crippen LogP contribution is 2.24. The third kappa shape index (κ3) is 3.24. The van der Waals surface area contributed by atoms with Crippen molar-refractivity contribution in [2.45, 2.75) is 19.0 Å². The quantitative estimate of drug-likeness (QED) is 0.636. The number of nitrogens with one attached hydrogen (secondary N) is 1. The van der Waals surface area contributed by atoms with Crippen molar-refractivity contribution < 1.29 is 14.7 Å². The highest BCUT2D eigenvalue weighted by Gasteiger charge is 2.14. The number of carbonyl (C=O) groups excluding carboxylic acids is 2. The first-order valence-corrected chi connectivity index (χ1v) is 7.64. The number of carbonyl (C=O) groups is 2. The Labute approximate surface area is 135 Å². The van der Waals surface area contributed by atoms with Crippen molar-refractivity contribution in [2.75, 3.05) is 0 Å². The second-order valence-corrected chi connectivity index (χ2v) is 6.26. The van der Waals surface area contributed by atoms with Gasteiger partial charge in [0.05, 0.1) is 5.36 Å². The van der Waals surface area contributed by atoms with Crippen LogP contribution in [-0.2, 0) is 9.59 Å². The fraction of sp³-hybridized carbons (Fsp3) is 0.125. The maximum Gasteiger partial charge on any atom is 0.277 e. The highest BCUT2D eigenvalue weighted by molar-refractivity contribution is 8.13. The van der Waals surface area contributed by atoms with Crippen LogP contribution in [0.25, 0.3) is 12.2 Å². The number of aryl methyl sites for hydroxylation is 1. The van der Waals surface area contributed by atoms with Crippen molar-refractivity contribution in [1.29, 1.82) is 0 Å². The zero-order chi connectivity index (χ0) is 16.6. The fourth-order valence-electron chi connectivity index (χ4n) is 2.18. The topological polar surface area (TPSA) is 95.4 Å². The van der Waals surface area contributed by atoms with Crippen LogP contribution in [0.3, 0.4) is 0 Å². The average molecular weight is 327 g/mol. The van der Waals surface area contributed by atoms with Gasteiger partial charge in [-0.1, -0.05) is 12.1 Å². The van der Waals surface area contributed by atoms with E-state index in [-0.39, 0.29) is 21.8 Å². The van der Waals surface area contributed by atoms with Gasteiger partial charge in [-0.05, 0) is 42.5 Å². The number of H-pyrrole nitrogens is 1. The molecule has 7 heteroatoms. The largest absolute Gasteiger partial charge is 0.492 e. The van der Waals surface area contributed by atoms with Crippen molar-refractivity contribution in [2.24, 2.45) is 4.99 Å². The summed E-state index contributed by atoms with van der Waals surface area (Å²) in [6, 6.07) is 5.67. The van der Waals surface area contributed by atoms with E-state index in [0.29, 0.717) is 10.9 Å². The lowest BCUT2D eigenvalue weighted by Gasteiger charge is -2.03. The molecule has 3 rings (SSSR count). The van der Waals surface area contributed by atoms with E-state index in [1.165, 1.54) is 13.0 Å². The van der Waals surface area contributed by atoms with Gasteiger partial charge in [-0.25, -0.2) is 4.99 Å². The van der Waals surface area contributed by atoms with Gasteiger partial charge in [0.2, 0.25) is 5.88 Å². The van der Waals surface area contributed by atoms with Crippen molar-refractivity contribution in [3.05, 3.63) is 45.6 Å². The van der Waals surface area contributed by atoms with Gasteiger partial charge in [-0.3, -0.25) is 9.59 Å². The highest BCUT2D eigenvalue weighted by atomic mass is 32.2. The van der Waals surface area contributed by atoms with Crippen LogP contribution in [0.15, 0.2) is 33.9 Å². The number of nitrogens with zero attached hydrogens (tertiary/aromatic N) is 2. The zero-order valence-electron chi connectivity index (χ0n) is 12.5. The molecular weight excluding hydrogens is 314 g/mol. The van der Waals surface area contributed by atoms with E-state index in [1.807, 2.05) is 25.1 Å². The molecule has 1 aliphatic rings. The van der Waals surface area contributed by atoms with Crippen LogP contribution >= 0.6 is 11.8 Å². The Morgan fingerprint density at radius 2 is 2.17 bits per heavy atom. The maximum absolute atomic E-state index is 12.1. The molecule has 2 N–H and O–H groups in total. The smallest absolute Gasteiger partial charge is 0.277 e. The molecule has 0 unspecified atom stereocenters. The van der Waals surface area contributed by atoms with E-state index in [1.54, 1.807) is 6.08 Å². The molecule has 6 nitrogen and oxygen atoms in total. The summed E-state index contributed by atoms with van der Waals surface area (Å²) in [7, 11) is 0. The third-order valence-corrected chi connectivity index (χ3v) is 3.87. The van der Waals surface area contributed by atoms with Crippen LogP contribution in [0.1, 0.15) is 18.2 Å². The monoisotopic (exact) mass is 327 g/mol. The Bertz CT molecular complexity index is 973. The lowest BCUT2D eigenvalue weighted by Crippen LogP contribution is -2.30. The van der Waals surface area contributed by atoms with Crippen LogP contribution in [0.2, 0.25) is 0 Å². The molecule has 1 aromatic carbocycles. The van der Waals surface area contributed by atoms with Gasteiger partial charge in [0.15, 0.2) is 10.3 Å². The number of thioether (sulfide) groups is 1. The molecule has 2 heterocycles. The molecule has 0 atom stereocenters. The van der Waals surface area contributed by atoms with Gasteiger partial charge in [0, 0.05) is 17.7 Å². The minimum absolute atomic E-state index is 0.155. The van der Waals surface area contributed by atoms with Crippen LogP contribution in [-0.4, -0.2) is 26.1 Å². The summed E-state index contributed by atoms with van der Waals surface area (Å²) in [6.45, 7) is 3.33. The van der Waals surface area contributed by atoms with Gasteiger partial charge in [0.1, 0.15) is 5.69 Å². The van der Waals surface area contributed by atoms with E-state index in [9.17, 15) is 14.7 Å². The van der Waals surface area contributed by atoms with E-state index >= 15 is 0 Å². The molecule has 0 radical (unpaired) electrons. The number of aromatic hydroxyl groups is 1. The summed E-state index contributed by atoms with van der Waals surface area (Å²) in [6.07, 6.45) is 3.18. The van der Waals surface area contributed by atoms with Crippen molar-refractivity contribution in [3.63, 3.8) is 0 Å². The minimum atomic E-state index is -0.391. The second-order valence-electron chi connectivity index (χ2n) is 5.10. The SMILES string of the molecule is CC(=O)Sc1nc(O)c(/C=C2\C=c3ccc(C)cc3=NC2=O)[nH]1. The van der Waals surface area contributed by atoms with Crippen molar-refractivity contribution >= 4 is 34.9 Å². The first-order chi connectivity index (χ1) is 10.9. The predicted octanol–water partition coefficient (Wildman–Crippen LogP) is 1.09. The minimum Gasteiger partial charge on any atom is -0.492 e. The van der Waals surface area contributed by atoms with Crippen molar-refractivity contribution in [1.82, 2.24) is 9.97 Å². The Kier molecular flexibility index (Phi) is 3.87. The number of amides is 1. The number of benzene rings is 1. The molecule has 1 amide bonds. The maximum atomic E-state index is 12.1. The lowest BCUT2D eigenvalue weighted by atomic mass is 10.1. The summed E-state index contributed by atoms with van der Waals surface area (Å²) < 4.78 is 0. The summed E-state index contributed by atoms with van der Waals surface area (Å²) in [5.74, 6) is -0.657. The first kappa shape index (κ1) is 15.2. The standard InChI is InChI=1S/C16H13N3O3S/c1-8-3-4-10-6-11(14(21)17-12(10)5-8)7-13-15(22)19-16(18-13)23-9(2)20/h3-7,22H,1-2H3,(H,18,19)/b11-7+. The number of fused-ring (bicyclic) bond motifs is 1. The molecular formula is C16H13N3O3S. The number of aromatic nitrogens is 2. The molecule has 116 valence electrons. The molecule has 0 bridgehead atoms. The Morgan fingerprint density at radius 1 is 1.39 bits per heavy atom. The van der Waals surface area contributed by atoms with Crippen LogP contribution in [0.4, 0.5) is 0 Å². The summed E-state index contributed by atoms with van der Waals surface area (Å²) in [5.41, 5.74) is 1.62. The normalized spacial score (nSPS) is 15.0. The molecule has 0 spiro atoms. The first-order valence-electron chi connectivity index (χ1n) is 6.83. The average Bonchev–Trinajstić information content (AvgIpc) is 2.79. The lowest BCUT2D eigenvalue weighted by molar-refractivity contribution is -0.114. The van der Waals surface area contributed by atoms with Gasteiger partial charge < -0.3 is 10.1 Å². The molecule has 1 aliphatic heterocycles. The van der Waals surface area contributed by atoms with Gasteiger partial charge in [0.25, 0.3) is 5.91 Å². The third-order valence-electron chi connectivity index (χ3n) is 3.20. The molecule has 23 heavy (non-hydrogen) atoms. The number of aromatic amines is 1. The Balaban J connectivity index is 2.03. The number of imidazole rings is 1. The molecule has 0 saturated heterocycles. The summed E-state index contributed by atoms with van der Waals surface area (Å²) >= 11 is 0.873. The molecule has 0 saturated carbocycles. The van der Waals surface area contributed by atoms with Gasteiger partial charge >= 0.3 is 0 Å². The van der Waals surface area contributed by atoms with Crippen LogP contribution in [0, 0.1) is 6.92 Å². The van der Waals surface area contributed by atoms with E-state index < -0.39 is 5.91 Å². The summed E-state index contributed by atoms with van der Waals surface area (Å²) in [4.78, 5) is 33.9. The van der Waals surface area contributed by atoms with Crippen LogP contribution in [0.5, 0.6) is 5.88 Å². The predicted molar refractivity (Wildman–Crippen MR) is 86.2 cm³/mol. The fourth-order valence-corrected chi connectivity index (χ4v) is 2.74. The van der Waals surface area contributed by atoms with E-state index in [4.69, 9.17) is 0 Å². The van der Waals surface area contributed by atoms with Gasteiger partial charge in [-0.15, -0.1) is 0 Å². The van der Waals surface area contributed by atoms with Crippen LogP contribution < -0.4 is 10.6 Å². The Morgan fingerprint density at radius 3 is 2.91 bits per heavy atom. The molecule has 0 aliphatic carbocycles. The Hall–Kier alpha value is -2.67. The zero-order valence-corrected chi connectivity index (χ0v) is 13.3. The summed E-state index contributed by atoms with van der Waals surface area (Å²) in [5, 5.41) is 11.4. The number of hydrogen-bond acceptors (Lipinski definition) is 5. The molecule has 0 fully saturated rings. The van der Waals surface area contributed by atoms with Crippen molar-refractivity contribution in [3.8, 4) is 5.88 Å². The number of hydrogen-bond donors (Lipinski definition) is 2. The van der Waals surface area contributed by atoms with E-state index in [0.717, 1.165) is 22.5 Å².